The molecule has 1 aliphatic rings. The van der Waals surface area contributed by atoms with Gasteiger partial charge in [-0.15, -0.1) is 0 Å². The third-order valence-corrected chi connectivity index (χ3v) is 4.28. The lowest BCUT2D eigenvalue weighted by Crippen LogP contribution is -2.17. The van der Waals surface area contributed by atoms with Crippen LogP contribution in [0.1, 0.15) is 25.0 Å². The van der Waals surface area contributed by atoms with Gasteiger partial charge in [-0.2, -0.15) is 4.98 Å². The Hall–Kier alpha value is -2.34. The first-order valence-corrected chi connectivity index (χ1v) is 8.95. The summed E-state index contributed by atoms with van der Waals surface area (Å²) in [6, 6.07) is 10.4. The van der Waals surface area contributed by atoms with Crippen LogP contribution in [0.15, 0.2) is 30.3 Å². The summed E-state index contributed by atoms with van der Waals surface area (Å²) in [5, 5.41) is 6.61. The number of aromatic nitrogens is 2. The number of aryl methyl sites for hydroxylation is 1. The third kappa shape index (κ3) is 5.06. The van der Waals surface area contributed by atoms with Crippen LogP contribution >= 0.6 is 0 Å². The average molecular weight is 341 g/mol. The summed E-state index contributed by atoms with van der Waals surface area (Å²) in [7, 11) is 1.71. The zero-order chi connectivity index (χ0) is 17.5. The highest BCUT2D eigenvalue weighted by atomic mass is 16.5. The summed E-state index contributed by atoms with van der Waals surface area (Å²) in [4.78, 5) is 11.4. The van der Waals surface area contributed by atoms with E-state index in [-0.39, 0.29) is 0 Å². The van der Waals surface area contributed by atoms with E-state index in [1.165, 1.54) is 18.5 Å². The largest absolute Gasteiger partial charge is 0.385 e. The van der Waals surface area contributed by atoms with E-state index in [9.17, 15) is 0 Å². The normalized spacial score (nSPS) is 13.9. The van der Waals surface area contributed by atoms with Crippen molar-refractivity contribution < 1.29 is 4.74 Å². The predicted octanol–water partition coefficient (Wildman–Crippen LogP) is 3.58. The molecule has 0 amide bonds. The zero-order valence-electron chi connectivity index (χ0n) is 15.1. The number of nitrogens with zero attached hydrogens (tertiary/aromatic N) is 3. The number of hydrogen-bond acceptors (Lipinski definition) is 6. The molecule has 0 saturated carbocycles. The lowest BCUT2D eigenvalue weighted by Gasteiger charge is -2.18. The molecule has 1 aromatic carbocycles. The second-order valence-electron chi connectivity index (χ2n) is 6.36. The van der Waals surface area contributed by atoms with Crippen molar-refractivity contribution in [3.8, 4) is 0 Å². The van der Waals surface area contributed by atoms with E-state index in [2.05, 4.69) is 49.8 Å². The maximum absolute atomic E-state index is 5.06. The second kappa shape index (κ2) is 8.67. The molecule has 0 unspecified atom stereocenters. The molecule has 2 aromatic rings. The van der Waals surface area contributed by atoms with Gasteiger partial charge in [0.2, 0.25) is 5.95 Å². The van der Waals surface area contributed by atoms with E-state index in [0.29, 0.717) is 5.95 Å². The fraction of sp³-hybridized carbons (Fsp3) is 0.474. The maximum Gasteiger partial charge on any atom is 0.229 e. The van der Waals surface area contributed by atoms with Gasteiger partial charge in [0.1, 0.15) is 5.82 Å². The summed E-state index contributed by atoms with van der Waals surface area (Å²) in [6.07, 6.45) is 3.52. The second-order valence-corrected chi connectivity index (χ2v) is 6.36. The van der Waals surface area contributed by atoms with Crippen molar-refractivity contribution in [2.24, 2.45) is 0 Å². The molecule has 0 aliphatic carbocycles. The summed E-state index contributed by atoms with van der Waals surface area (Å²) in [6.45, 7) is 5.86. The number of hydrogen-bond donors (Lipinski definition) is 2. The van der Waals surface area contributed by atoms with Gasteiger partial charge in [-0.25, -0.2) is 4.98 Å². The molecule has 25 heavy (non-hydrogen) atoms. The van der Waals surface area contributed by atoms with E-state index in [1.54, 1.807) is 7.11 Å². The summed E-state index contributed by atoms with van der Waals surface area (Å²) in [5.74, 6) is 1.45. The van der Waals surface area contributed by atoms with Crippen LogP contribution in [-0.2, 0) is 4.74 Å². The van der Waals surface area contributed by atoms with Crippen LogP contribution in [0.25, 0.3) is 0 Å². The molecule has 6 heteroatoms. The molecule has 2 heterocycles. The van der Waals surface area contributed by atoms with Crippen molar-refractivity contribution in [1.29, 1.82) is 0 Å². The van der Waals surface area contributed by atoms with E-state index >= 15 is 0 Å². The molecule has 1 aromatic heterocycles. The van der Waals surface area contributed by atoms with Crippen LogP contribution in [0.5, 0.6) is 0 Å². The number of ether oxygens (including phenoxy) is 1. The van der Waals surface area contributed by atoms with Crippen LogP contribution in [-0.4, -0.2) is 43.3 Å². The Morgan fingerprint density at radius 2 is 1.88 bits per heavy atom. The molecule has 1 fully saturated rings. The van der Waals surface area contributed by atoms with Crippen LogP contribution < -0.4 is 15.5 Å². The highest BCUT2D eigenvalue weighted by molar-refractivity contribution is 5.60. The van der Waals surface area contributed by atoms with Crippen molar-refractivity contribution in [2.75, 3.05) is 48.9 Å². The van der Waals surface area contributed by atoms with Crippen molar-refractivity contribution in [2.45, 2.75) is 26.2 Å². The monoisotopic (exact) mass is 341 g/mol. The Labute approximate surface area is 149 Å². The summed E-state index contributed by atoms with van der Waals surface area (Å²) < 4.78 is 5.06. The molecule has 0 bridgehead atoms. The minimum Gasteiger partial charge on any atom is -0.385 e. The molecule has 0 radical (unpaired) electrons. The molecule has 1 aliphatic heterocycles. The van der Waals surface area contributed by atoms with Gasteiger partial charge in [0, 0.05) is 56.5 Å². The number of nitrogens with one attached hydrogen (secondary N) is 2. The molecule has 1 saturated heterocycles. The van der Waals surface area contributed by atoms with Crippen LogP contribution in [0, 0.1) is 6.92 Å². The standard InChI is InChI=1S/C19H27N5O/c1-15-14-18(20-10-5-13-25-2)23-19(21-15)22-16-6-8-17(9-7-16)24-11-3-4-12-24/h6-9,14H,3-5,10-13H2,1-2H3,(H2,20,21,22,23). The van der Waals surface area contributed by atoms with Crippen LogP contribution in [0.4, 0.5) is 23.1 Å². The first kappa shape index (κ1) is 17.5. The van der Waals surface area contributed by atoms with Crippen molar-refractivity contribution >= 4 is 23.1 Å². The number of benzene rings is 1. The third-order valence-electron chi connectivity index (χ3n) is 4.28. The highest BCUT2D eigenvalue weighted by Crippen LogP contribution is 2.23. The molecule has 0 atom stereocenters. The summed E-state index contributed by atoms with van der Waals surface area (Å²) in [5.41, 5.74) is 3.22. The fourth-order valence-electron chi connectivity index (χ4n) is 3.01. The minimum absolute atomic E-state index is 0.614. The van der Waals surface area contributed by atoms with E-state index < -0.39 is 0 Å². The van der Waals surface area contributed by atoms with E-state index in [0.717, 1.165) is 49.9 Å². The lowest BCUT2D eigenvalue weighted by atomic mass is 10.2. The van der Waals surface area contributed by atoms with Gasteiger partial charge in [-0.05, 0) is 50.5 Å². The van der Waals surface area contributed by atoms with Crippen molar-refractivity contribution in [1.82, 2.24) is 9.97 Å². The molecule has 134 valence electrons. The summed E-state index contributed by atoms with van der Waals surface area (Å²) >= 11 is 0. The first-order valence-electron chi connectivity index (χ1n) is 8.95. The molecular weight excluding hydrogens is 314 g/mol. The van der Waals surface area contributed by atoms with Crippen LogP contribution in [0.2, 0.25) is 0 Å². The quantitative estimate of drug-likeness (QED) is 0.716. The predicted molar refractivity (Wildman–Crippen MR) is 103 cm³/mol. The van der Waals surface area contributed by atoms with Gasteiger partial charge in [-0.1, -0.05) is 0 Å². The molecule has 3 rings (SSSR count). The molecular formula is C19H27N5O. The Morgan fingerprint density at radius 3 is 2.60 bits per heavy atom. The highest BCUT2D eigenvalue weighted by Gasteiger charge is 2.12. The van der Waals surface area contributed by atoms with Gasteiger partial charge < -0.3 is 20.3 Å². The SMILES string of the molecule is COCCCNc1cc(C)nc(Nc2ccc(N3CCCC3)cc2)n1. The maximum atomic E-state index is 5.06. The number of methoxy groups -OCH3 is 1. The minimum atomic E-state index is 0.614. The van der Waals surface area contributed by atoms with Crippen molar-refractivity contribution in [3.05, 3.63) is 36.0 Å². The zero-order valence-corrected chi connectivity index (χ0v) is 15.1. The Bertz CT molecular complexity index is 668. The lowest BCUT2D eigenvalue weighted by molar-refractivity contribution is 0.198. The fourth-order valence-corrected chi connectivity index (χ4v) is 3.01. The smallest absolute Gasteiger partial charge is 0.229 e. The number of rotatable bonds is 8. The average Bonchev–Trinajstić information content (AvgIpc) is 3.14. The first-order chi connectivity index (χ1) is 12.2. The molecule has 6 nitrogen and oxygen atoms in total. The van der Waals surface area contributed by atoms with E-state index in [4.69, 9.17) is 4.74 Å². The Morgan fingerprint density at radius 1 is 1.12 bits per heavy atom. The van der Waals surface area contributed by atoms with E-state index in [1.807, 2.05) is 13.0 Å². The Balaban J connectivity index is 1.62. The molecule has 0 spiro atoms. The topological polar surface area (TPSA) is 62.3 Å². The van der Waals surface area contributed by atoms with Gasteiger partial charge in [0.25, 0.3) is 0 Å². The van der Waals surface area contributed by atoms with Gasteiger partial charge in [-0.3, -0.25) is 0 Å². The van der Waals surface area contributed by atoms with Gasteiger partial charge >= 0.3 is 0 Å². The number of anilines is 4. The van der Waals surface area contributed by atoms with Gasteiger partial charge in [0.05, 0.1) is 0 Å². The van der Waals surface area contributed by atoms with Crippen molar-refractivity contribution in [3.63, 3.8) is 0 Å². The van der Waals surface area contributed by atoms with Gasteiger partial charge in [0.15, 0.2) is 0 Å². The van der Waals surface area contributed by atoms with Crippen LogP contribution in [0.3, 0.4) is 0 Å². The Kier molecular flexibility index (Phi) is 6.06. The molecule has 2 N–H and O–H groups in total.